The van der Waals surface area contributed by atoms with Crippen LogP contribution in [0.3, 0.4) is 0 Å². The molecule has 0 aliphatic rings. The van der Waals surface area contributed by atoms with Crippen molar-refractivity contribution in [3.05, 3.63) is 11.7 Å². The van der Waals surface area contributed by atoms with Crippen molar-refractivity contribution in [1.82, 2.24) is 0 Å². The summed E-state index contributed by atoms with van der Waals surface area (Å²) in [4.78, 5) is 0. The third-order valence-electron chi connectivity index (χ3n) is 0.0563. The first-order valence-corrected chi connectivity index (χ1v) is 1.33. The highest BCUT2D eigenvalue weighted by Gasteiger charge is 1.39. The van der Waals surface area contributed by atoms with Gasteiger partial charge in [-0.3, -0.25) is 0 Å². The third kappa shape index (κ3) is 2.02. The number of rotatable bonds is 0. The van der Waals surface area contributed by atoms with Gasteiger partial charge < -0.3 is 0 Å². The Labute approximate surface area is 29.7 Å². The van der Waals surface area contributed by atoms with E-state index in [9.17, 15) is 4.39 Å². The van der Waals surface area contributed by atoms with Gasteiger partial charge >= 0.3 is 0 Å². The van der Waals surface area contributed by atoms with Crippen molar-refractivity contribution >= 4 is 12.6 Å². The Morgan fingerprint density at radius 2 is 2.00 bits per heavy atom. The Kier molecular flexibility index (Phi) is 3.04. The molecule has 0 aromatic rings. The lowest BCUT2D eigenvalue weighted by atomic mass is 11.2. The standard InChI is InChI=1S/C2H3FS/c3-1-2-4/h1-2,4H/b2-1+. The van der Waals surface area contributed by atoms with Crippen molar-refractivity contribution in [2.75, 3.05) is 0 Å². The van der Waals surface area contributed by atoms with Gasteiger partial charge in [-0.25, -0.2) is 4.39 Å². The largest absolute Gasteiger partial charge is 0.215 e. The summed E-state index contributed by atoms with van der Waals surface area (Å²) < 4.78 is 10.5. The van der Waals surface area contributed by atoms with Gasteiger partial charge in [0.2, 0.25) is 0 Å². The van der Waals surface area contributed by atoms with Crippen LogP contribution in [0.5, 0.6) is 0 Å². The molecule has 0 aromatic carbocycles. The lowest BCUT2D eigenvalue weighted by Crippen LogP contribution is -1.15. The zero-order valence-corrected chi connectivity index (χ0v) is 2.87. The summed E-state index contributed by atoms with van der Waals surface area (Å²) in [5, 5.41) is 1.03. The summed E-state index contributed by atoms with van der Waals surface area (Å²) >= 11 is 3.36. The summed E-state index contributed by atoms with van der Waals surface area (Å²) in [6.07, 6.45) is 0.364. The third-order valence-corrected chi connectivity index (χ3v) is 0.169. The fourth-order valence-corrected chi connectivity index (χ4v) is 0. The fourth-order valence-electron chi connectivity index (χ4n) is 0. The Bertz CT molecular complexity index is 21.2. The van der Waals surface area contributed by atoms with Crippen molar-refractivity contribution in [2.45, 2.75) is 0 Å². The maximum atomic E-state index is 10.5. The molecule has 0 atom stereocenters. The molecule has 0 aromatic heterocycles. The second-order valence-corrected chi connectivity index (χ2v) is 0.573. The van der Waals surface area contributed by atoms with E-state index >= 15 is 0 Å². The van der Waals surface area contributed by atoms with Crippen LogP contribution >= 0.6 is 12.6 Å². The number of hydrogen-bond donors (Lipinski definition) is 1. The molecule has 0 rings (SSSR count). The van der Waals surface area contributed by atoms with Crippen LogP contribution < -0.4 is 0 Å². The van der Waals surface area contributed by atoms with Crippen LogP contribution in [0.4, 0.5) is 4.39 Å². The number of hydrogen-bond acceptors (Lipinski definition) is 1. The average Bonchev–Trinajstić information content (AvgIpc) is 1.37. The highest BCUT2D eigenvalue weighted by Crippen LogP contribution is 1.72. The molecule has 24 valence electrons. The first-order valence-electron chi connectivity index (χ1n) is 0.810. The Balaban J connectivity index is 2.55. The van der Waals surface area contributed by atoms with E-state index in [1.165, 1.54) is 0 Å². The Hall–Kier alpha value is 0.0200. The maximum Gasteiger partial charge on any atom is 0.0927 e. The molecule has 0 saturated carbocycles. The van der Waals surface area contributed by atoms with E-state index < -0.39 is 0 Å². The monoisotopic (exact) mass is 78.0 g/mol. The molecule has 2 heteroatoms. The van der Waals surface area contributed by atoms with Crippen LogP contribution in [0.1, 0.15) is 0 Å². The molecule has 0 nitrogen and oxygen atoms in total. The van der Waals surface area contributed by atoms with E-state index in [2.05, 4.69) is 12.6 Å². The lowest BCUT2D eigenvalue weighted by molar-refractivity contribution is 0.724. The summed E-state index contributed by atoms with van der Waals surface area (Å²) in [6.45, 7) is 0. The van der Waals surface area contributed by atoms with Crippen LogP contribution in [0.15, 0.2) is 11.7 Å². The second kappa shape index (κ2) is 3.02. The van der Waals surface area contributed by atoms with Crippen LogP contribution in [-0.4, -0.2) is 0 Å². The fraction of sp³-hybridized carbons (Fsp3) is 0. The van der Waals surface area contributed by atoms with Crippen molar-refractivity contribution in [2.24, 2.45) is 0 Å². The molecule has 4 heavy (non-hydrogen) atoms. The highest BCUT2D eigenvalue weighted by atomic mass is 32.1. The topological polar surface area (TPSA) is 0 Å². The first-order chi connectivity index (χ1) is 1.91. The second-order valence-electron chi connectivity index (χ2n) is 0.275. The normalized spacial score (nSPS) is 9.50. The molecule has 0 unspecified atom stereocenters. The van der Waals surface area contributed by atoms with Gasteiger partial charge in [0.25, 0.3) is 0 Å². The van der Waals surface area contributed by atoms with Crippen LogP contribution in [0, 0.1) is 0 Å². The van der Waals surface area contributed by atoms with Crippen molar-refractivity contribution < 1.29 is 4.39 Å². The molecule has 0 saturated heterocycles. The quantitative estimate of drug-likeness (QED) is 0.415. The summed E-state index contributed by atoms with van der Waals surface area (Å²) in [5.41, 5.74) is 0. The van der Waals surface area contributed by atoms with Gasteiger partial charge in [0, 0.05) is 0 Å². The molecule has 0 N–H and O–H groups in total. The molecule has 0 aliphatic carbocycles. The van der Waals surface area contributed by atoms with Gasteiger partial charge in [0.05, 0.1) is 6.33 Å². The van der Waals surface area contributed by atoms with E-state index in [1.807, 2.05) is 0 Å². The minimum Gasteiger partial charge on any atom is -0.215 e. The van der Waals surface area contributed by atoms with E-state index in [4.69, 9.17) is 0 Å². The molecule has 0 spiro atoms. The minimum absolute atomic E-state index is 0.364. The Morgan fingerprint density at radius 3 is 2.00 bits per heavy atom. The predicted octanol–water partition coefficient (Wildman–Crippen LogP) is 1.36. The molecule has 0 bridgehead atoms. The van der Waals surface area contributed by atoms with E-state index in [1.54, 1.807) is 0 Å². The van der Waals surface area contributed by atoms with Crippen molar-refractivity contribution in [3.63, 3.8) is 0 Å². The van der Waals surface area contributed by atoms with Gasteiger partial charge in [-0.05, 0) is 5.41 Å². The zero-order valence-electron chi connectivity index (χ0n) is 1.98. The average molecular weight is 78.1 g/mol. The van der Waals surface area contributed by atoms with E-state index in [-0.39, 0.29) is 0 Å². The highest BCUT2D eigenvalue weighted by molar-refractivity contribution is 7.83. The van der Waals surface area contributed by atoms with E-state index in [0.29, 0.717) is 6.33 Å². The molecule has 0 amide bonds. The molecule has 0 heterocycles. The first kappa shape index (κ1) is 4.02. The van der Waals surface area contributed by atoms with Crippen LogP contribution in [0.25, 0.3) is 0 Å². The smallest absolute Gasteiger partial charge is 0.0927 e. The van der Waals surface area contributed by atoms with E-state index in [0.717, 1.165) is 5.41 Å². The van der Waals surface area contributed by atoms with Gasteiger partial charge in [0.15, 0.2) is 0 Å². The maximum absolute atomic E-state index is 10.5. The molecule has 0 fully saturated rings. The van der Waals surface area contributed by atoms with Gasteiger partial charge in [-0.15, -0.1) is 12.6 Å². The van der Waals surface area contributed by atoms with Crippen LogP contribution in [0.2, 0.25) is 0 Å². The predicted molar refractivity (Wildman–Crippen MR) is 19.2 cm³/mol. The summed E-state index contributed by atoms with van der Waals surface area (Å²) in [6, 6.07) is 0. The van der Waals surface area contributed by atoms with Crippen molar-refractivity contribution in [3.8, 4) is 0 Å². The lowest BCUT2D eigenvalue weighted by Gasteiger charge is -1.45. The van der Waals surface area contributed by atoms with Gasteiger partial charge in [-0.2, -0.15) is 0 Å². The molecular formula is C2H3FS. The number of halogens is 1. The van der Waals surface area contributed by atoms with Crippen molar-refractivity contribution in [1.29, 1.82) is 0 Å². The number of thiol groups is 1. The minimum atomic E-state index is 0.364. The Morgan fingerprint density at radius 1 is 1.75 bits per heavy atom. The summed E-state index contributed by atoms with van der Waals surface area (Å²) in [7, 11) is 0. The SMILES string of the molecule is F/C=C/S. The van der Waals surface area contributed by atoms with Crippen LogP contribution in [-0.2, 0) is 0 Å². The molecule has 0 radical (unpaired) electrons. The molecule has 0 aliphatic heterocycles. The summed E-state index contributed by atoms with van der Waals surface area (Å²) in [5.74, 6) is 0. The van der Waals surface area contributed by atoms with Gasteiger partial charge in [-0.1, -0.05) is 0 Å². The molecular weight excluding hydrogens is 75.1 g/mol. The van der Waals surface area contributed by atoms with Gasteiger partial charge in [0.1, 0.15) is 0 Å². The zero-order chi connectivity index (χ0) is 3.41.